The van der Waals surface area contributed by atoms with E-state index in [0.717, 1.165) is 0 Å². The molecule has 0 nitrogen and oxygen atoms in total. The van der Waals surface area contributed by atoms with Crippen LogP contribution in [0.25, 0.3) is 0 Å². The number of allylic oxidation sites excluding steroid dienone is 1. The second kappa shape index (κ2) is 3.90. The van der Waals surface area contributed by atoms with E-state index in [1.165, 1.54) is 15.6 Å². The summed E-state index contributed by atoms with van der Waals surface area (Å²) in [6, 6.07) is 6.42. The molecule has 1 aromatic carbocycles. The Labute approximate surface area is 82.4 Å². The molecule has 0 bridgehead atoms. The molecule has 0 saturated carbocycles. The Morgan fingerprint density at radius 3 is 2.67 bits per heavy atom. The first-order valence-electron chi connectivity index (χ1n) is 4.03. The monoisotopic (exact) mass is 224 g/mol. The summed E-state index contributed by atoms with van der Waals surface area (Å²) in [6.45, 7) is 8.01. The molecular formula is C11H13Br. The Kier molecular flexibility index (Phi) is 3.10. The molecule has 0 amide bonds. The van der Waals surface area contributed by atoms with Crippen LogP contribution in [0, 0.1) is 6.92 Å². The van der Waals surface area contributed by atoms with Gasteiger partial charge >= 0.3 is 0 Å². The summed E-state index contributed by atoms with van der Waals surface area (Å²) in [5, 5.41) is 0. The van der Waals surface area contributed by atoms with E-state index in [9.17, 15) is 0 Å². The van der Waals surface area contributed by atoms with Gasteiger partial charge in [0.1, 0.15) is 0 Å². The molecule has 0 fully saturated rings. The van der Waals surface area contributed by atoms with Crippen LogP contribution in [0.1, 0.15) is 24.0 Å². The molecule has 1 atom stereocenters. The third-order valence-corrected chi connectivity index (χ3v) is 2.93. The average molecular weight is 225 g/mol. The Morgan fingerprint density at radius 2 is 2.17 bits per heavy atom. The molecule has 64 valence electrons. The lowest BCUT2D eigenvalue weighted by atomic mass is 10.0. The van der Waals surface area contributed by atoms with Gasteiger partial charge in [-0.15, -0.1) is 6.58 Å². The van der Waals surface area contributed by atoms with Gasteiger partial charge in [0, 0.05) is 4.47 Å². The van der Waals surface area contributed by atoms with Gasteiger partial charge in [-0.3, -0.25) is 0 Å². The number of rotatable bonds is 2. The number of hydrogen-bond acceptors (Lipinski definition) is 0. The zero-order valence-corrected chi connectivity index (χ0v) is 9.06. The van der Waals surface area contributed by atoms with E-state index in [1.54, 1.807) is 0 Å². The molecule has 0 saturated heterocycles. The third kappa shape index (κ3) is 1.98. The molecule has 0 unspecified atom stereocenters. The third-order valence-electron chi connectivity index (χ3n) is 2.08. The van der Waals surface area contributed by atoms with E-state index in [4.69, 9.17) is 0 Å². The first-order valence-corrected chi connectivity index (χ1v) is 4.83. The summed E-state index contributed by atoms with van der Waals surface area (Å²) in [4.78, 5) is 0. The van der Waals surface area contributed by atoms with Crippen molar-refractivity contribution in [1.29, 1.82) is 0 Å². The molecule has 0 heterocycles. The number of aryl methyl sites for hydroxylation is 1. The number of halogens is 1. The van der Waals surface area contributed by atoms with Gasteiger partial charge in [-0.2, -0.15) is 0 Å². The van der Waals surface area contributed by atoms with Crippen molar-refractivity contribution in [3.63, 3.8) is 0 Å². The van der Waals surface area contributed by atoms with Crippen LogP contribution < -0.4 is 0 Å². The molecule has 0 aliphatic carbocycles. The van der Waals surface area contributed by atoms with Crippen molar-refractivity contribution in [2.24, 2.45) is 0 Å². The maximum atomic E-state index is 3.77. The van der Waals surface area contributed by atoms with E-state index in [2.05, 4.69) is 54.6 Å². The predicted molar refractivity (Wildman–Crippen MR) is 57.5 cm³/mol. The van der Waals surface area contributed by atoms with Crippen LogP contribution >= 0.6 is 15.9 Å². The van der Waals surface area contributed by atoms with E-state index < -0.39 is 0 Å². The molecular weight excluding hydrogens is 212 g/mol. The second-order valence-corrected chi connectivity index (χ2v) is 3.89. The van der Waals surface area contributed by atoms with Gasteiger partial charge in [0.15, 0.2) is 0 Å². The van der Waals surface area contributed by atoms with Crippen LogP contribution in [0.5, 0.6) is 0 Å². The van der Waals surface area contributed by atoms with Crippen LogP contribution in [-0.2, 0) is 0 Å². The molecule has 12 heavy (non-hydrogen) atoms. The Balaban J connectivity index is 3.04. The molecule has 0 N–H and O–H groups in total. The van der Waals surface area contributed by atoms with Crippen molar-refractivity contribution in [1.82, 2.24) is 0 Å². The Hall–Kier alpha value is -0.560. The van der Waals surface area contributed by atoms with Gasteiger partial charge in [0.2, 0.25) is 0 Å². The van der Waals surface area contributed by atoms with Crippen molar-refractivity contribution >= 4 is 15.9 Å². The van der Waals surface area contributed by atoms with Crippen molar-refractivity contribution < 1.29 is 0 Å². The second-order valence-electron chi connectivity index (χ2n) is 3.03. The van der Waals surface area contributed by atoms with Crippen molar-refractivity contribution in [2.75, 3.05) is 0 Å². The SMILES string of the molecule is C=C[C@H](C)c1ccc(C)c(Br)c1. The molecule has 0 spiro atoms. The number of hydrogen-bond donors (Lipinski definition) is 0. The molecule has 1 heteroatoms. The summed E-state index contributed by atoms with van der Waals surface area (Å²) in [5.74, 6) is 0.432. The zero-order chi connectivity index (χ0) is 9.14. The maximum Gasteiger partial charge on any atom is 0.0207 e. The number of benzene rings is 1. The summed E-state index contributed by atoms with van der Waals surface area (Å²) in [7, 11) is 0. The molecule has 0 radical (unpaired) electrons. The zero-order valence-electron chi connectivity index (χ0n) is 7.47. The van der Waals surface area contributed by atoms with Crippen LogP contribution in [0.4, 0.5) is 0 Å². The summed E-state index contributed by atoms with van der Waals surface area (Å²) < 4.78 is 1.17. The van der Waals surface area contributed by atoms with Gasteiger partial charge < -0.3 is 0 Å². The summed E-state index contributed by atoms with van der Waals surface area (Å²) >= 11 is 3.51. The smallest absolute Gasteiger partial charge is 0.0207 e. The van der Waals surface area contributed by atoms with E-state index in [0.29, 0.717) is 5.92 Å². The largest absolute Gasteiger partial charge is 0.102 e. The fourth-order valence-corrected chi connectivity index (χ4v) is 1.42. The lowest BCUT2D eigenvalue weighted by molar-refractivity contribution is 0.968. The van der Waals surface area contributed by atoms with Gasteiger partial charge in [0.05, 0.1) is 0 Å². The van der Waals surface area contributed by atoms with Gasteiger partial charge in [-0.05, 0) is 30.0 Å². The molecule has 1 aromatic rings. The first kappa shape index (κ1) is 9.53. The van der Waals surface area contributed by atoms with Crippen LogP contribution in [0.15, 0.2) is 35.3 Å². The fourth-order valence-electron chi connectivity index (χ4n) is 1.03. The first-order chi connectivity index (χ1) is 5.65. The highest BCUT2D eigenvalue weighted by Gasteiger charge is 2.01. The van der Waals surface area contributed by atoms with Crippen molar-refractivity contribution in [3.05, 3.63) is 46.5 Å². The van der Waals surface area contributed by atoms with Crippen molar-refractivity contribution in [2.45, 2.75) is 19.8 Å². The Morgan fingerprint density at radius 1 is 1.50 bits per heavy atom. The van der Waals surface area contributed by atoms with E-state index in [-0.39, 0.29) is 0 Å². The minimum absolute atomic E-state index is 0.432. The van der Waals surface area contributed by atoms with Crippen molar-refractivity contribution in [3.8, 4) is 0 Å². The molecule has 0 aliphatic heterocycles. The Bertz CT molecular complexity index is 289. The van der Waals surface area contributed by atoms with Gasteiger partial charge in [-0.25, -0.2) is 0 Å². The molecule has 0 aromatic heterocycles. The molecule has 0 aliphatic rings. The summed E-state index contributed by atoms with van der Waals surface area (Å²) in [5.41, 5.74) is 2.58. The highest BCUT2D eigenvalue weighted by Crippen LogP contribution is 2.23. The van der Waals surface area contributed by atoms with Crippen LogP contribution in [-0.4, -0.2) is 0 Å². The predicted octanol–water partition coefficient (Wildman–Crippen LogP) is 4.05. The minimum Gasteiger partial charge on any atom is -0.102 e. The van der Waals surface area contributed by atoms with Gasteiger partial charge in [0.25, 0.3) is 0 Å². The van der Waals surface area contributed by atoms with E-state index >= 15 is 0 Å². The molecule has 1 rings (SSSR count). The minimum atomic E-state index is 0.432. The van der Waals surface area contributed by atoms with Crippen LogP contribution in [0.3, 0.4) is 0 Å². The average Bonchev–Trinajstić information content (AvgIpc) is 2.08. The highest BCUT2D eigenvalue weighted by atomic mass is 79.9. The fraction of sp³-hybridized carbons (Fsp3) is 0.273. The quantitative estimate of drug-likeness (QED) is 0.666. The summed E-state index contributed by atoms with van der Waals surface area (Å²) in [6.07, 6.45) is 1.96. The maximum absolute atomic E-state index is 3.77. The normalized spacial score (nSPS) is 12.6. The lowest BCUT2D eigenvalue weighted by Gasteiger charge is -2.07. The lowest BCUT2D eigenvalue weighted by Crippen LogP contribution is -1.88. The van der Waals surface area contributed by atoms with Gasteiger partial charge in [-0.1, -0.05) is 41.1 Å². The van der Waals surface area contributed by atoms with Crippen LogP contribution in [0.2, 0.25) is 0 Å². The topological polar surface area (TPSA) is 0 Å². The van der Waals surface area contributed by atoms with E-state index in [1.807, 2.05) is 6.08 Å². The highest BCUT2D eigenvalue weighted by molar-refractivity contribution is 9.10. The standard InChI is InChI=1S/C11H13Br/c1-4-8(2)10-6-5-9(3)11(12)7-10/h4-8H,1H2,2-3H3/t8-/m0/s1.